The predicted molar refractivity (Wildman–Crippen MR) is 81.4 cm³/mol. The van der Waals surface area contributed by atoms with Crippen molar-refractivity contribution in [3.05, 3.63) is 34.3 Å². The minimum atomic E-state index is -1.06. The van der Waals surface area contributed by atoms with Gasteiger partial charge in [0.15, 0.2) is 0 Å². The number of thioether (sulfide) groups is 1. The summed E-state index contributed by atoms with van der Waals surface area (Å²) in [6, 6.07) is 3.93. The number of carboxylic acids is 1. The lowest BCUT2D eigenvalue weighted by Gasteiger charge is -2.11. The number of amides is 2. The van der Waals surface area contributed by atoms with E-state index in [0.717, 1.165) is 5.56 Å². The molecule has 21 heavy (non-hydrogen) atoms. The molecule has 1 aromatic carbocycles. The van der Waals surface area contributed by atoms with Gasteiger partial charge in [0.1, 0.15) is 6.04 Å². The summed E-state index contributed by atoms with van der Waals surface area (Å²) in [5.74, 6) is -0.483. The fourth-order valence-corrected chi connectivity index (χ4v) is 2.91. The van der Waals surface area contributed by atoms with Gasteiger partial charge in [-0.15, -0.1) is 0 Å². The molecular weight excluding hydrogens is 316 g/mol. The van der Waals surface area contributed by atoms with Gasteiger partial charge in [-0.2, -0.15) is 11.8 Å². The molecule has 0 heterocycles. The number of halogens is 1. The van der Waals surface area contributed by atoms with E-state index >= 15 is 0 Å². The first-order valence-corrected chi connectivity index (χ1v) is 7.57. The topological polar surface area (TPSA) is 109 Å². The molecule has 0 fully saturated rings. The van der Waals surface area contributed by atoms with Crippen LogP contribution in [-0.4, -0.2) is 35.2 Å². The lowest BCUT2D eigenvalue weighted by atomic mass is 10.1. The molecule has 0 radical (unpaired) electrons. The van der Waals surface area contributed by atoms with E-state index in [-0.39, 0.29) is 0 Å². The van der Waals surface area contributed by atoms with Gasteiger partial charge >= 0.3 is 5.97 Å². The van der Waals surface area contributed by atoms with Crippen molar-refractivity contribution >= 4 is 41.6 Å². The second-order valence-corrected chi connectivity index (χ2v) is 5.70. The molecule has 6 nitrogen and oxygen atoms in total. The van der Waals surface area contributed by atoms with Crippen LogP contribution in [0.1, 0.15) is 22.3 Å². The molecule has 0 aliphatic heterocycles. The van der Waals surface area contributed by atoms with Crippen molar-refractivity contribution in [1.29, 1.82) is 0 Å². The van der Waals surface area contributed by atoms with Crippen molar-refractivity contribution in [2.75, 3.05) is 5.75 Å². The van der Waals surface area contributed by atoms with Crippen molar-refractivity contribution in [2.45, 2.75) is 18.2 Å². The maximum Gasteiger partial charge on any atom is 0.326 e. The molecule has 0 aliphatic carbocycles. The van der Waals surface area contributed by atoms with Crippen molar-refractivity contribution < 1.29 is 19.5 Å². The van der Waals surface area contributed by atoms with Crippen LogP contribution in [0.3, 0.4) is 0 Å². The van der Waals surface area contributed by atoms with Crippen LogP contribution in [0.15, 0.2) is 18.2 Å². The second-order valence-electron chi connectivity index (χ2n) is 4.19. The lowest BCUT2D eigenvalue weighted by Crippen LogP contribution is -2.36. The molecule has 1 unspecified atom stereocenters. The summed E-state index contributed by atoms with van der Waals surface area (Å²) >= 11 is 7.53. The van der Waals surface area contributed by atoms with Crippen LogP contribution in [-0.2, 0) is 15.3 Å². The normalized spacial score (nSPS) is 11.7. The third-order valence-corrected chi connectivity index (χ3v) is 4.10. The Labute approximate surface area is 131 Å². The number of nitrogens with two attached hydrogens (primary N) is 1. The Morgan fingerprint density at radius 3 is 2.71 bits per heavy atom. The predicted octanol–water partition coefficient (Wildman–Crippen LogP) is 1.26. The highest BCUT2D eigenvalue weighted by Gasteiger charge is 2.15. The Balaban J connectivity index is 2.47. The summed E-state index contributed by atoms with van der Waals surface area (Å²) in [5, 5.41) is 11.5. The van der Waals surface area contributed by atoms with Gasteiger partial charge in [-0.1, -0.05) is 17.7 Å². The Hall–Kier alpha value is -1.73. The average Bonchev–Trinajstić information content (AvgIpc) is 2.43. The Kier molecular flexibility index (Phi) is 7.04. The first-order valence-electron chi connectivity index (χ1n) is 6.04. The van der Waals surface area contributed by atoms with Crippen molar-refractivity contribution in [1.82, 2.24) is 5.32 Å². The minimum Gasteiger partial charge on any atom is -0.480 e. The largest absolute Gasteiger partial charge is 0.480 e. The van der Waals surface area contributed by atoms with Gasteiger partial charge < -0.3 is 16.2 Å². The van der Waals surface area contributed by atoms with Gasteiger partial charge in [-0.3, -0.25) is 9.59 Å². The van der Waals surface area contributed by atoms with Gasteiger partial charge in [-0.05, 0) is 29.9 Å². The third-order valence-electron chi connectivity index (χ3n) is 2.71. The van der Waals surface area contributed by atoms with E-state index in [1.807, 2.05) is 0 Å². The molecule has 0 saturated heterocycles. The molecule has 4 N–H and O–H groups in total. The number of nitrogens with one attached hydrogen (secondary N) is 1. The van der Waals surface area contributed by atoms with Crippen LogP contribution < -0.4 is 11.1 Å². The van der Waals surface area contributed by atoms with E-state index in [4.69, 9.17) is 22.4 Å². The summed E-state index contributed by atoms with van der Waals surface area (Å²) < 4.78 is 0. The summed E-state index contributed by atoms with van der Waals surface area (Å²) in [7, 11) is 0. The first-order chi connectivity index (χ1) is 9.95. The first kappa shape index (κ1) is 17.3. The Morgan fingerprint density at radius 1 is 1.48 bits per heavy atom. The number of primary amides is 1. The average molecular weight is 331 g/mol. The number of aliphatic carboxylic acids is 1. The second kappa shape index (κ2) is 8.53. The van der Waals surface area contributed by atoms with E-state index in [0.29, 0.717) is 34.9 Å². The van der Waals surface area contributed by atoms with Crippen LogP contribution in [0.25, 0.3) is 0 Å². The molecule has 0 spiro atoms. The molecule has 0 aromatic heterocycles. The maximum absolute atomic E-state index is 11.0. The molecule has 1 rings (SSSR count). The summed E-state index contributed by atoms with van der Waals surface area (Å²) in [6.07, 6.45) is 0.693. The minimum absolute atomic E-state index is 0.315. The molecule has 1 atom stereocenters. The van der Waals surface area contributed by atoms with E-state index in [1.54, 1.807) is 12.1 Å². The summed E-state index contributed by atoms with van der Waals surface area (Å²) in [4.78, 5) is 32.1. The number of carbonyl (C=O) groups excluding carboxylic acids is 2. The van der Waals surface area contributed by atoms with Gasteiger partial charge in [0, 0.05) is 16.3 Å². The number of benzene rings is 1. The zero-order valence-electron chi connectivity index (χ0n) is 11.0. The zero-order chi connectivity index (χ0) is 15.8. The number of carboxylic acid groups (broad SMARTS) is 1. The van der Waals surface area contributed by atoms with E-state index in [9.17, 15) is 14.4 Å². The van der Waals surface area contributed by atoms with Crippen molar-refractivity contribution in [3.63, 3.8) is 0 Å². The highest BCUT2D eigenvalue weighted by molar-refractivity contribution is 7.98. The molecule has 0 saturated carbocycles. The fourth-order valence-electron chi connectivity index (χ4n) is 1.56. The standard InChI is InChI=1S/C13H15ClN2O4S/c14-10-5-8(12(15)18)1-2-9(10)6-21-4-3-11(13(19)20)16-7-17/h1-2,5,7,11H,3-4,6H2,(H2,15,18)(H,16,17)(H,19,20). The van der Waals surface area contributed by atoms with Crippen LogP contribution in [0.2, 0.25) is 5.02 Å². The van der Waals surface area contributed by atoms with Crippen molar-refractivity contribution in [3.8, 4) is 0 Å². The zero-order valence-corrected chi connectivity index (χ0v) is 12.6. The molecule has 114 valence electrons. The van der Waals surface area contributed by atoms with Crippen LogP contribution in [0.4, 0.5) is 0 Å². The number of carbonyl (C=O) groups is 3. The number of hydrogen-bond acceptors (Lipinski definition) is 4. The summed E-state index contributed by atoms with van der Waals surface area (Å²) in [6.45, 7) is 0. The highest BCUT2D eigenvalue weighted by Crippen LogP contribution is 2.23. The monoisotopic (exact) mass is 330 g/mol. The molecule has 8 heteroatoms. The number of hydrogen-bond donors (Lipinski definition) is 3. The van der Waals surface area contributed by atoms with E-state index in [1.165, 1.54) is 17.8 Å². The summed E-state index contributed by atoms with van der Waals surface area (Å²) in [5.41, 5.74) is 6.33. The molecule has 0 bridgehead atoms. The van der Waals surface area contributed by atoms with Crippen LogP contribution in [0.5, 0.6) is 0 Å². The maximum atomic E-state index is 11.0. The SMILES string of the molecule is NC(=O)c1ccc(CSCCC(NC=O)C(=O)O)c(Cl)c1. The Morgan fingerprint density at radius 2 is 2.19 bits per heavy atom. The lowest BCUT2D eigenvalue weighted by molar-refractivity contribution is -0.140. The van der Waals surface area contributed by atoms with E-state index in [2.05, 4.69) is 5.32 Å². The van der Waals surface area contributed by atoms with Crippen LogP contribution >= 0.6 is 23.4 Å². The number of rotatable bonds is 9. The van der Waals surface area contributed by atoms with Crippen molar-refractivity contribution in [2.24, 2.45) is 5.73 Å². The van der Waals surface area contributed by atoms with Gasteiger partial charge in [0.05, 0.1) is 0 Å². The third kappa shape index (κ3) is 5.65. The molecule has 1 aromatic rings. The smallest absolute Gasteiger partial charge is 0.326 e. The molecule has 2 amide bonds. The van der Waals surface area contributed by atoms with Gasteiger partial charge in [0.2, 0.25) is 12.3 Å². The Bertz CT molecular complexity index is 539. The van der Waals surface area contributed by atoms with Gasteiger partial charge in [-0.25, -0.2) is 4.79 Å². The van der Waals surface area contributed by atoms with Gasteiger partial charge in [0.25, 0.3) is 0 Å². The highest BCUT2D eigenvalue weighted by atomic mass is 35.5. The van der Waals surface area contributed by atoms with Crippen LogP contribution in [0, 0.1) is 0 Å². The molecular formula is C13H15ClN2O4S. The van der Waals surface area contributed by atoms with E-state index < -0.39 is 17.9 Å². The molecule has 0 aliphatic rings. The quantitative estimate of drug-likeness (QED) is 0.466. The fraction of sp³-hybridized carbons (Fsp3) is 0.308.